The van der Waals surface area contributed by atoms with Gasteiger partial charge in [-0.3, -0.25) is 4.79 Å². The molecule has 0 bridgehead atoms. The van der Waals surface area contributed by atoms with Crippen molar-refractivity contribution < 1.29 is 23.9 Å². The monoisotopic (exact) mass is 257 g/mol. The third kappa shape index (κ3) is 9.38. The van der Waals surface area contributed by atoms with Gasteiger partial charge in [0.05, 0.1) is 12.1 Å². The summed E-state index contributed by atoms with van der Waals surface area (Å²) in [5.74, 6) is -1.46. The van der Waals surface area contributed by atoms with E-state index in [1.807, 2.05) is 0 Å². The zero-order valence-electron chi connectivity index (χ0n) is 11.1. The quantitative estimate of drug-likeness (QED) is 0.555. The number of hydrogen-bond acceptors (Lipinski definition) is 5. The molecule has 1 atom stereocenters. The number of carbonyl (C=O) groups excluding carboxylic acids is 3. The van der Waals surface area contributed by atoms with Gasteiger partial charge in [-0.15, -0.1) is 0 Å². The molecule has 0 aliphatic carbocycles. The molecule has 0 spiro atoms. The van der Waals surface area contributed by atoms with E-state index >= 15 is 0 Å². The van der Waals surface area contributed by atoms with Crippen LogP contribution in [-0.4, -0.2) is 36.6 Å². The van der Waals surface area contributed by atoms with Gasteiger partial charge in [0.2, 0.25) is 5.91 Å². The second-order valence-electron chi connectivity index (χ2n) is 4.05. The lowest BCUT2D eigenvalue weighted by molar-refractivity contribution is -0.143. The predicted molar refractivity (Wildman–Crippen MR) is 64.6 cm³/mol. The molecule has 0 saturated carbocycles. The average molecular weight is 257 g/mol. The maximum Gasteiger partial charge on any atom is 0.331 e. The Bertz CT molecular complexity index is 335. The molecule has 0 radical (unpaired) electrons. The van der Waals surface area contributed by atoms with Crippen LogP contribution in [0.2, 0.25) is 0 Å². The third-order valence-electron chi connectivity index (χ3n) is 1.63. The summed E-state index contributed by atoms with van der Waals surface area (Å²) in [4.78, 5) is 33.0. The van der Waals surface area contributed by atoms with Gasteiger partial charge in [-0.1, -0.05) is 0 Å². The molecule has 102 valence electrons. The molecule has 6 nitrogen and oxygen atoms in total. The number of esters is 2. The molecule has 0 aromatic heterocycles. The molecule has 6 heteroatoms. The first-order valence-electron chi connectivity index (χ1n) is 5.63. The summed E-state index contributed by atoms with van der Waals surface area (Å²) < 4.78 is 9.60. The SMILES string of the molecule is CC(=O)NC(C)COC(=O)C=CC(=O)OC(C)C. The maximum absolute atomic E-state index is 11.2. The molecule has 0 rings (SSSR count). The molecule has 0 saturated heterocycles. The van der Waals surface area contributed by atoms with E-state index in [0.29, 0.717) is 0 Å². The Morgan fingerprint density at radius 3 is 2.17 bits per heavy atom. The van der Waals surface area contributed by atoms with E-state index < -0.39 is 11.9 Å². The molecule has 0 aromatic carbocycles. The first kappa shape index (κ1) is 16.1. The molecule has 1 N–H and O–H groups in total. The molecule has 1 unspecified atom stereocenters. The van der Waals surface area contributed by atoms with Crippen molar-refractivity contribution in [1.82, 2.24) is 5.32 Å². The second kappa shape index (κ2) is 8.27. The Kier molecular flexibility index (Phi) is 7.42. The minimum absolute atomic E-state index is 0.0436. The fourth-order valence-corrected chi connectivity index (χ4v) is 1.05. The van der Waals surface area contributed by atoms with Crippen molar-refractivity contribution in [3.63, 3.8) is 0 Å². The molecule has 0 aromatic rings. The van der Waals surface area contributed by atoms with Gasteiger partial charge >= 0.3 is 11.9 Å². The summed E-state index contributed by atoms with van der Waals surface area (Å²) in [5, 5.41) is 2.56. The molecular weight excluding hydrogens is 238 g/mol. The van der Waals surface area contributed by atoms with Crippen LogP contribution in [0.5, 0.6) is 0 Å². The number of amides is 1. The van der Waals surface area contributed by atoms with Crippen LogP contribution in [-0.2, 0) is 23.9 Å². The Morgan fingerprint density at radius 2 is 1.67 bits per heavy atom. The highest BCUT2D eigenvalue weighted by atomic mass is 16.5. The van der Waals surface area contributed by atoms with Gasteiger partial charge in [0.15, 0.2) is 0 Å². The van der Waals surface area contributed by atoms with Gasteiger partial charge in [-0.25, -0.2) is 9.59 Å². The number of carbonyl (C=O) groups is 3. The minimum Gasteiger partial charge on any atom is -0.460 e. The Balaban J connectivity index is 3.93. The molecule has 1 amide bonds. The number of hydrogen-bond donors (Lipinski definition) is 1. The van der Waals surface area contributed by atoms with Crippen molar-refractivity contribution >= 4 is 17.8 Å². The first-order valence-corrected chi connectivity index (χ1v) is 5.63. The van der Waals surface area contributed by atoms with Gasteiger partial charge in [0.1, 0.15) is 6.61 Å². The maximum atomic E-state index is 11.2. The van der Waals surface area contributed by atoms with E-state index in [1.165, 1.54) is 6.92 Å². The summed E-state index contributed by atoms with van der Waals surface area (Å²) in [6.45, 7) is 6.53. The Labute approximate surface area is 106 Å². The zero-order chi connectivity index (χ0) is 14.1. The van der Waals surface area contributed by atoms with Gasteiger partial charge in [-0.05, 0) is 20.8 Å². The fourth-order valence-electron chi connectivity index (χ4n) is 1.05. The zero-order valence-corrected chi connectivity index (χ0v) is 11.1. The lowest BCUT2D eigenvalue weighted by atomic mass is 10.3. The van der Waals surface area contributed by atoms with Crippen molar-refractivity contribution in [3.05, 3.63) is 12.2 Å². The van der Waals surface area contributed by atoms with Crippen molar-refractivity contribution in [2.24, 2.45) is 0 Å². The highest BCUT2D eigenvalue weighted by Gasteiger charge is 2.07. The van der Waals surface area contributed by atoms with Crippen LogP contribution in [0.4, 0.5) is 0 Å². The van der Waals surface area contributed by atoms with E-state index in [0.717, 1.165) is 12.2 Å². The molecule has 18 heavy (non-hydrogen) atoms. The topological polar surface area (TPSA) is 81.7 Å². The predicted octanol–water partition coefficient (Wildman–Crippen LogP) is 0.562. The lowest BCUT2D eigenvalue weighted by Crippen LogP contribution is -2.34. The molecule has 0 fully saturated rings. The van der Waals surface area contributed by atoms with E-state index in [9.17, 15) is 14.4 Å². The van der Waals surface area contributed by atoms with Crippen molar-refractivity contribution in [2.45, 2.75) is 39.8 Å². The lowest BCUT2D eigenvalue weighted by Gasteiger charge is -2.11. The highest BCUT2D eigenvalue weighted by Crippen LogP contribution is 1.92. The van der Waals surface area contributed by atoms with Crippen LogP contribution >= 0.6 is 0 Å². The summed E-state index contributed by atoms with van der Waals surface area (Å²) in [7, 11) is 0. The fraction of sp³-hybridized carbons (Fsp3) is 0.583. The standard InChI is InChI=1S/C12H19NO5/c1-8(2)18-12(16)6-5-11(15)17-7-9(3)13-10(4)14/h5-6,8-9H,7H2,1-4H3,(H,13,14). The van der Waals surface area contributed by atoms with Crippen LogP contribution in [0.3, 0.4) is 0 Å². The van der Waals surface area contributed by atoms with Crippen LogP contribution in [0.25, 0.3) is 0 Å². The smallest absolute Gasteiger partial charge is 0.331 e. The summed E-state index contributed by atoms with van der Waals surface area (Å²) in [6.07, 6.45) is 1.76. The molecule has 0 aliphatic heterocycles. The number of nitrogens with one attached hydrogen (secondary N) is 1. The largest absolute Gasteiger partial charge is 0.460 e. The minimum atomic E-state index is -0.659. The molecule has 0 aliphatic rings. The van der Waals surface area contributed by atoms with E-state index in [4.69, 9.17) is 9.47 Å². The van der Waals surface area contributed by atoms with E-state index in [1.54, 1.807) is 20.8 Å². The van der Waals surface area contributed by atoms with Gasteiger partial charge in [0, 0.05) is 19.1 Å². The van der Waals surface area contributed by atoms with Crippen LogP contribution in [0.15, 0.2) is 12.2 Å². The highest BCUT2D eigenvalue weighted by molar-refractivity contribution is 5.91. The third-order valence-corrected chi connectivity index (χ3v) is 1.63. The Hall–Kier alpha value is -1.85. The van der Waals surface area contributed by atoms with Crippen LogP contribution in [0, 0.1) is 0 Å². The first-order chi connectivity index (χ1) is 8.31. The number of ether oxygens (including phenoxy) is 2. The molecular formula is C12H19NO5. The van der Waals surface area contributed by atoms with Crippen molar-refractivity contribution in [2.75, 3.05) is 6.61 Å². The number of rotatable bonds is 6. The van der Waals surface area contributed by atoms with Gasteiger partial charge < -0.3 is 14.8 Å². The van der Waals surface area contributed by atoms with E-state index in [-0.39, 0.29) is 24.7 Å². The van der Waals surface area contributed by atoms with Crippen LogP contribution in [0.1, 0.15) is 27.7 Å². The summed E-state index contributed by atoms with van der Waals surface area (Å²) in [6, 6.07) is -0.275. The summed E-state index contributed by atoms with van der Waals surface area (Å²) in [5.41, 5.74) is 0. The van der Waals surface area contributed by atoms with Crippen molar-refractivity contribution in [1.29, 1.82) is 0 Å². The van der Waals surface area contributed by atoms with Gasteiger partial charge in [0.25, 0.3) is 0 Å². The Morgan fingerprint density at radius 1 is 1.11 bits per heavy atom. The average Bonchev–Trinajstić information content (AvgIpc) is 2.21. The molecule has 0 heterocycles. The van der Waals surface area contributed by atoms with E-state index in [2.05, 4.69) is 5.32 Å². The van der Waals surface area contributed by atoms with Crippen molar-refractivity contribution in [3.8, 4) is 0 Å². The second-order valence-corrected chi connectivity index (χ2v) is 4.05. The normalized spacial score (nSPS) is 12.3. The van der Waals surface area contributed by atoms with Gasteiger partial charge in [-0.2, -0.15) is 0 Å². The summed E-state index contributed by atoms with van der Waals surface area (Å²) >= 11 is 0. The van der Waals surface area contributed by atoms with Crippen LogP contribution < -0.4 is 5.32 Å².